The van der Waals surface area contributed by atoms with Gasteiger partial charge in [0.2, 0.25) is 5.91 Å². The second-order valence-electron chi connectivity index (χ2n) is 5.63. The van der Waals surface area contributed by atoms with Gasteiger partial charge in [-0.05, 0) is 25.0 Å². The number of rotatable bonds is 7. The first-order valence-electron chi connectivity index (χ1n) is 8.00. The minimum Gasteiger partial charge on any atom is -0.370 e. The van der Waals surface area contributed by atoms with E-state index in [9.17, 15) is 4.79 Å². The first-order valence-corrected chi connectivity index (χ1v) is 8.00. The van der Waals surface area contributed by atoms with Crippen molar-refractivity contribution in [3.63, 3.8) is 0 Å². The lowest BCUT2D eigenvalue weighted by molar-refractivity contribution is -0.121. The molecular weight excluding hydrogens is 292 g/mol. The molecule has 2 aromatic heterocycles. The number of hydrogen-bond acceptors (Lipinski definition) is 5. The van der Waals surface area contributed by atoms with Gasteiger partial charge < -0.3 is 20.1 Å². The van der Waals surface area contributed by atoms with E-state index in [2.05, 4.69) is 25.7 Å². The number of carbonyl (C=O) groups excluding carboxylic acids is 1. The third-order valence-corrected chi connectivity index (χ3v) is 3.86. The summed E-state index contributed by atoms with van der Waals surface area (Å²) in [5.41, 5.74) is 1.11. The monoisotopic (exact) mass is 314 g/mol. The van der Waals surface area contributed by atoms with Gasteiger partial charge in [0.15, 0.2) is 5.82 Å². The first kappa shape index (κ1) is 15.3. The Labute approximate surface area is 135 Å². The molecule has 1 aliphatic heterocycles. The molecule has 0 bridgehead atoms. The van der Waals surface area contributed by atoms with Crippen LogP contribution in [0.4, 0.5) is 11.5 Å². The fraction of sp³-hybridized carbons (Fsp3) is 0.438. The maximum atomic E-state index is 11.8. The molecule has 0 saturated carbocycles. The molecule has 0 spiro atoms. The number of hydrogen-bond donors (Lipinski definition) is 2. The van der Waals surface area contributed by atoms with Gasteiger partial charge in [0, 0.05) is 44.6 Å². The molecule has 7 heteroatoms. The summed E-state index contributed by atoms with van der Waals surface area (Å²) in [5.74, 6) is 0.744. The van der Waals surface area contributed by atoms with E-state index in [0.717, 1.165) is 24.6 Å². The van der Waals surface area contributed by atoms with Crippen molar-refractivity contribution in [1.29, 1.82) is 0 Å². The van der Waals surface area contributed by atoms with Gasteiger partial charge in [-0.15, -0.1) is 5.10 Å². The van der Waals surface area contributed by atoms with E-state index in [-0.39, 0.29) is 5.91 Å². The van der Waals surface area contributed by atoms with Crippen LogP contribution in [0.5, 0.6) is 0 Å². The van der Waals surface area contributed by atoms with Crippen molar-refractivity contribution in [2.75, 3.05) is 36.4 Å². The smallest absolute Gasteiger partial charge is 0.239 e. The predicted molar refractivity (Wildman–Crippen MR) is 89.4 cm³/mol. The maximum Gasteiger partial charge on any atom is 0.239 e. The van der Waals surface area contributed by atoms with Gasteiger partial charge >= 0.3 is 0 Å². The highest BCUT2D eigenvalue weighted by Gasteiger charge is 2.13. The topological polar surface area (TPSA) is 75.1 Å². The second-order valence-corrected chi connectivity index (χ2v) is 5.63. The lowest BCUT2D eigenvalue weighted by Gasteiger charge is -2.17. The Hall–Kier alpha value is -2.57. The Morgan fingerprint density at radius 3 is 2.74 bits per heavy atom. The molecule has 0 aliphatic carbocycles. The van der Waals surface area contributed by atoms with Gasteiger partial charge in [-0.1, -0.05) is 0 Å². The molecule has 0 radical (unpaired) electrons. The van der Waals surface area contributed by atoms with E-state index >= 15 is 0 Å². The summed E-state index contributed by atoms with van der Waals surface area (Å²) in [7, 11) is 0. The zero-order valence-electron chi connectivity index (χ0n) is 13.1. The van der Waals surface area contributed by atoms with Crippen LogP contribution in [0, 0.1) is 0 Å². The maximum absolute atomic E-state index is 11.8. The lowest BCUT2D eigenvalue weighted by Crippen LogP contribution is -2.31. The van der Waals surface area contributed by atoms with Gasteiger partial charge in [0.1, 0.15) is 6.54 Å². The van der Waals surface area contributed by atoms with Crippen molar-refractivity contribution in [2.45, 2.75) is 19.4 Å². The van der Waals surface area contributed by atoms with Crippen molar-refractivity contribution in [3.05, 3.63) is 36.8 Å². The van der Waals surface area contributed by atoms with Crippen LogP contribution in [0.25, 0.3) is 0 Å². The number of carbonyl (C=O) groups is 1. The Kier molecular flexibility index (Phi) is 5.08. The molecule has 1 aliphatic rings. The van der Waals surface area contributed by atoms with E-state index in [1.54, 1.807) is 6.20 Å². The summed E-state index contributed by atoms with van der Waals surface area (Å²) in [6, 6.07) is 5.82. The van der Waals surface area contributed by atoms with Gasteiger partial charge in [-0.2, -0.15) is 5.10 Å². The molecule has 0 unspecified atom stereocenters. The number of amides is 1. The average molecular weight is 314 g/mol. The van der Waals surface area contributed by atoms with Crippen LogP contribution in [-0.4, -0.2) is 46.9 Å². The Morgan fingerprint density at radius 2 is 1.96 bits per heavy atom. The van der Waals surface area contributed by atoms with Crippen molar-refractivity contribution >= 4 is 17.4 Å². The predicted octanol–water partition coefficient (Wildman–Crippen LogP) is 1.11. The van der Waals surface area contributed by atoms with Crippen LogP contribution in [0.3, 0.4) is 0 Å². The normalized spacial score (nSPS) is 14.0. The highest BCUT2D eigenvalue weighted by molar-refractivity contribution is 5.75. The number of nitrogens with one attached hydrogen (secondary N) is 2. The molecule has 1 amide bonds. The zero-order valence-corrected chi connectivity index (χ0v) is 13.1. The molecule has 3 rings (SSSR count). The van der Waals surface area contributed by atoms with E-state index < -0.39 is 0 Å². The van der Waals surface area contributed by atoms with Gasteiger partial charge in [-0.25, -0.2) is 0 Å². The molecule has 7 nitrogen and oxygen atoms in total. The number of aromatic nitrogens is 3. The summed E-state index contributed by atoms with van der Waals surface area (Å²) in [5, 5.41) is 14.2. The molecule has 2 aromatic rings. The third-order valence-electron chi connectivity index (χ3n) is 3.86. The summed E-state index contributed by atoms with van der Waals surface area (Å²) >= 11 is 0. The zero-order chi connectivity index (χ0) is 15.9. The van der Waals surface area contributed by atoms with Crippen molar-refractivity contribution in [2.24, 2.45) is 0 Å². The second kappa shape index (κ2) is 7.62. The fourth-order valence-corrected chi connectivity index (χ4v) is 2.68. The van der Waals surface area contributed by atoms with Crippen LogP contribution >= 0.6 is 0 Å². The van der Waals surface area contributed by atoms with Gasteiger partial charge in [0.05, 0.1) is 11.9 Å². The standard InChI is InChI=1S/C16H22N6O/c23-16(13-21-7-1-2-8-21)18-6-5-17-15-11-14(12-19-20-15)22-9-3-4-10-22/h1-2,7-8,11-12H,3-6,9-10,13H2,(H,17,20)(H,18,23). The number of anilines is 2. The molecule has 23 heavy (non-hydrogen) atoms. The molecule has 122 valence electrons. The molecule has 3 heterocycles. The lowest BCUT2D eigenvalue weighted by atomic mass is 10.4. The Balaban J connectivity index is 1.40. The average Bonchev–Trinajstić information content (AvgIpc) is 3.25. The third kappa shape index (κ3) is 4.45. The minimum atomic E-state index is -0.0000911. The van der Waals surface area contributed by atoms with Crippen molar-refractivity contribution in [3.8, 4) is 0 Å². The van der Waals surface area contributed by atoms with Crippen molar-refractivity contribution in [1.82, 2.24) is 20.1 Å². The van der Waals surface area contributed by atoms with Crippen LogP contribution < -0.4 is 15.5 Å². The van der Waals surface area contributed by atoms with Crippen LogP contribution in [0.2, 0.25) is 0 Å². The van der Waals surface area contributed by atoms with Crippen LogP contribution in [-0.2, 0) is 11.3 Å². The highest BCUT2D eigenvalue weighted by atomic mass is 16.1. The highest BCUT2D eigenvalue weighted by Crippen LogP contribution is 2.20. The minimum absolute atomic E-state index is 0.0000911. The molecule has 0 atom stereocenters. The summed E-state index contributed by atoms with van der Waals surface area (Å²) in [6.07, 6.45) is 8.01. The van der Waals surface area contributed by atoms with Gasteiger partial charge in [0.25, 0.3) is 0 Å². The summed E-state index contributed by atoms with van der Waals surface area (Å²) in [4.78, 5) is 14.1. The van der Waals surface area contributed by atoms with E-state index in [1.807, 2.05) is 35.2 Å². The largest absolute Gasteiger partial charge is 0.370 e. The van der Waals surface area contributed by atoms with Crippen LogP contribution in [0.1, 0.15) is 12.8 Å². The molecule has 1 saturated heterocycles. The first-order chi connectivity index (χ1) is 11.3. The summed E-state index contributed by atoms with van der Waals surface area (Å²) < 4.78 is 1.84. The SMILES string of the molecule is O=C(Cn1cccc1)NCCNc1cc(N2CCCC2)cnn1. The Morgan fingerprint density at radius 1 is 1.17 bits per heavy atom. The molecule has 1 fully saturated rings. The van der Waals surface area contributed by atoms with E-state index in [4.69, 9.17) is 0 Å². The van der Waals surface area contributed by atoms with E-state index in [0.29, 0.717) is 19.6 Å². The van der Waals surface area contributed by atoms with E-state index in [1.165, 1.54) is 12.8 Å². The fourth-order valence-electron chi connectivity index (χ4n) is 2.68. The molecule has 0 aromatic carbocycles. The van der Waals surface area contributed by atoms with Crippen molar-refractivity contribution < 1.29 is 4.79 Å². The molecular formula is C16H22N6O. The summed E-state index contributed by atoms with van der Waals surface area (Å²) in [6.45, 7) is 3.68. The Bertz CT molecular complexity index is 621. The number of nitrogens with zero attached hydrogens (tertiary/aromatic N) is 4. The quantitative estimate of drug-likeness (QED) is 0.749. The van der Waals surface area contributed by atoms with Crippen LogP contribution in [0.15, 0.2) is 36.8 Å². The van der Waals surface area contributed by atoms with Gasteiger partial charge in [-0.3, -0.25) is 4.79 Å². The molecule has 2 N–H and O–H groups in total.